The maximum absolute atomic E-state index is 10.4. The molecule has 0 saturated heterocycles. The van der Waals surface area contributed by atoms with Crippen molar-refractivity contribution in [2.45, 2.75) is 25.9 Å². The maximum Gasteiger partial charge on any atom is 0.303 e. The summed E-state index contributed by atoms with van der Waals surface area (Å²) in [4.78, 5) is 10.4. The van der Waals surface area contributed by atoms with Gasteiger partial charge in [-0.3, -0.25) is 4.79 Å². The number of hydrogen-bond acceptors (Lipinski definition) is 3. The summed E-state index contributed by atoms with van der Waals surface area (Å²) < 4.78 is 11.5. The Labute approximate surface area is 130 Å². The smallest absolute Gasteiger partial charge is 0.303 e. The third-order valence-electron chi connectivity index (χ3n) is 3.13. The second-order valence-electron chi connectivity index (χ2n) is 4.92. The lowest BCUT2D eigenvalue weighted by atomic mass is 10.2. The second kappa shape index (κ2) is 8.72. The summed E-state index contributed by atoms with van der Waals surface area (Å²) in [6.07, 6.45) is 1.50. The van der Waals surface area contributed by atoms with Crippen LogP contribution in [0.3, 0.4) is 0 Å². The molecule has 0 unspecified atom stereocenters. The quantitative estimate of drug-likeness (QED) is 0.714. The van der Waals surface area contributed by atoms with Crippen LogP contribution < -0.4 is 9.47 Å². The number of carbonyl (C=O) groups is 1. The monoisotopic (exact) mass is 300 g/mol. The molecule has 0 heterocycles. The fourth-order valence-electron chi connectivity index (χ4n) is 1.98. The number of para-hydroxylation sites is 2. The molecule has 0 aliphatic heterocycles. The van der Waals surface area contributed by atoms with Crippen LogP contribution >= 0.6 is 0 Å². The SMILES string of the molecule is O=C(O)CCCCOc1ccccc1OCc1ccccc1. The highest BCUT2D eigenvalue weighted by molar-refractivity contribution is 5.66. The van der Waals surface area contributed by atoms with E-state index in [1.54, 1.807) is 0 Å². The first kappa shape index (κ1) is 15.9. The highest BCUT2D eigenvalue weighted by Gasteiger charge is 2.05. The van der Waals surface area contributed by atoms with Gasteiger partial charge in [0.15, 0.2) is 11.5 Å². The van der Waals surface area contributed by atoms with Crippen molar-refractivity contribution in [1.82, 2.24) is 0 Å². The van der Waals surface area contributed by atoms with Crippen LogP contribution in [-0.4, -0.2) is 17.7 Å². The molecule has 2 aromatic carbocycles. The molecule has 0 saturated carbocycles. The molecule has 116 valence electrons. The van der Waals surface area contributed by atoms with Gasteiger partial charge in [0.25, 0.3) is 0 Å². The van der Waals surface area contributed by atoms with Gasteiger partial charge in [0.1, 0.15) is 6.61 Å². The number of rotatable bonds is 9. The summed E-state index contributed by atoms with van der Waals surface area (Å²) in [7, 11) is 0. The van der Waals surface area contributed by atoms with E-state index in [-0.39, 0.29) is 6.42 Å². The van der Waals surface area contributed by atoms with E-state index in [0.717, 1.165) is 5.56 Å². The van der Waals surface area contributed by atoms with Crippen molar-refractivity contribution in [2.75, 3.05) is 6.61 Å². The first-order chi connectivity index (χ1) is 10.8. The van der Waals surface area contributed by atoms with Crippen molar-refractivity contribution in [3.63, 3.8) is 0 Å². The minimum Gasteiger partial charge on any atom is -0.490 e. The topological polar surface area (TPSA) is 55.8 Å². The zero-order valence-electron chi connectivity index (χ0n) is 12.4. The van der Waals surface area contributed by atoms with Gasteiger partial charge in [-0.15, -0.1) is 0 Å². The molecule has 2 rings (SSSR count). The van der Waals surface area contributed by atoms with E-state index in [0.29, 0.717) is 37.6 Å². The van der Waals surface area contributed by atoms with Gasteiger partial charge in [0.05, 0.1) is 6.61 Å². The molecule has 1 N–H and O–H groups in total. The van der Waals surface area contributed by atoms with Gasteiger partial charge < -0.3 is 14.6 Å². The summed E-state index contributed by atoms with van der Waals surface area (Å²) in [5.74, 6) is 0.616. The molecule has 0 spiro atoms. The number of carboxylic acid groups (broad SMARTS) is 1. The molecule has 22 heavy (non-hydrogen) atoms. The third kappa shape index (κ3) is 5.48. The number of carboxylic acids is 1. The summed E-state index contributed by atoms with van der Waals surface area (Å²) in [6.45, 7) is 0.971. The number of hydrogen-bond donors (Lipinski definition) is 1. The van der Waals surface area contributed by atoms with Crippen LogP contribution in [0.1, 0.15) is 24.8 Å². The van der Waals surface area contributed by atoms with Crippen LogP contribution in [0.5, 0.6) is 11.5 Å². The van der Waals surface area contributed by atoms with Crippen molar-refractivity contribution >= 4 is 5.97 Å². The van der Waals surface area contributed by atoms with E-state index in [9.17, 15) is 4.79 Å². The lowest BCUT2D eigenvalue weighted by Gasteiger charge is -2.12. The Bertz CT molecular complexity index is 581. The highest BCUT2D eigenvalue weighted by atomic mass is 16.5. The van der Waals surface area contributed by atoms with Crippen LogP contribution in [0, 0.1) is 0 Å². The van der Waals surface area contributed by atoms with Crippen molar-refractivity contribution < 1.29 is 19.4 Å². The van der Waals surface area contributed by atoms with E-state index < -0.39 is 5.97 Å². The van der Waals surface area contributed by atoms with Gasteiger partial charge in [-0.25, -0.2) is 0 Å². The van der Waals surface area contributed by atoms with Gasteiger partial charge in [0.2, 0.25) is 0 Å². The number of aliphatic carboxylic acids is 1. The molecular formula is C18H20O4. The molecule has 0 atom stereocenters. The molecule has 0 radical (unpaired) electrons. The Hall–Kier alpha value is -2.49. The van der Waals surface area contributed by atoms with Gasteiger partial charge in [-0.2, -0.15) is 0 Å². The first-order valence-corrected chi connectivity index (χ1v) is 7.36. The average molecular weight is 300 g/mol. The molecule has 2 aromatic rings. The lowest BCUT2D eigenvalue weighted by molar-refractivity contribution is -0.137. The standard InChI is InChI=1S/C18H20O4/c19-18(20)12-6-7-13-21-16-10-4-5-11-17(16)22-14-15-8-2-1-3-9-15/h1-5,8-11H,6-7,12-14H2,(H,19,20). The lowest BCUT2D eigenvalue weighted by Crippen LogP contribution is -2.02. The first-order valence-electron chi connectivity index (χ1n) is 7.36. The normalized spacial score (nSPS) is 10.2. The van der Waals surface area contributed by atoms with Crippen molar-refractivity contribution in [2.24, 2.45) is 0 Å². The van der Waals surface area contributed by atoms with E-state index in [1.165, 1.54) is 0 Å². The Balaban J connectivity index is 1.83. The predicted molar refractivity (Wildman–Crippen MR) is 84.2 cm³/mol. The fraction of sp³-hybridized carbons (Fsp3) is 0.278. The van der Waals surface area contributed by atoms with Gasteiger partial charge in [-0.1, -0.05) is 42.5 Å². The van der Waals surface area contributed by atoms with Crippen molar-refractivity contribution in [3.05, 3.63) is 60.2 Å². The zero-order chi connectivity index (χ0) is 15.6. The van der Waals surface area contributed by atoms with Crippen LogP contribution in [0.15, 0.2) is 54.6 Å². The zero-order valence-corrected chi connectivity index (χ0v) is 12.4. The molecule has 4 heteroatoms. The maximum atomic E-state index is 10.4. The summed E-state index contributed by atoms with van der Waals surface area (Å²) in [5, 5.41) is 8.59. The molecule has 0 aliphatic carbocycles. The summed E-state index contributed by atoms with van der Waals surface area (Å²) >= 11 is 0. The summed E-state index contributed by atoms with van der Waals surface area (Å²) in [6, 6.07) is 17.5. The highest BCUT2D eigenvalue weighted by Crippen LogP contribution is 2.27. The average Bonchev–Trinajstić information content (AvgIpc) is 2.54. The molecule has 0 fully saturated rings. The Morgan fingerprint density at radius 1 is 0.864 bits per heavy atom. The van der Waals surface area contributed by atoms with Gasteiger partial charge in [-0.05, 0) is 30.5 Å². The molecule has 4 nitrogen and oxygen atoms in total. The minimum absolute atomic E-state index is 0.176. The molecular weight excluding hydrogens is 280 g/mol. The van der Waals surface area contributed by atoms with E-state index in [1.807, 2.05) is 54.6 Å². The minimum atomic E-state index is -0.772. The van der Waals surface area contributed by atoms with Crippen LogP contribution in [0.25, 0.3) is 0 Å². The predicted octanol–water partition coefficient (Wildman–Crippen LogP) is 3.90. The largest absolute Gasteiger partial charge is 0.490 e. The number of ether oxygens (including phenoxy) is 2. The van der Waals surface area contributed by atoms with Crippen LogP contribution in [-0.2, 0) is 11.4 Å². The molecule has 0 bridgehead atoms. The van der Waals surface area contributed by atoms with Crippen LogP contribution in [0.4, 0.5) is 0 Å². The third-order valence-corrected chi connectivity index (χ3v) is 3.13. The number of unbranched alkanes of at least 4 members (excludes halogenated alkanes) is 1. The van der Waals surface area contributed by atoms with E-state index in [2.05, 4.69) is 0 Å². The second-order valence-corrected chi connectivity index (χ2v) is 4.92. The van der Waals surface area contributed by atoms with E-state index in [4.69, 9.17) is 14.6 Å². The van der Waals surface area contributed by atoms with Crippen LogP contribution in [0.2, 0.25) is 0 Å². The molecule has 0 aliphatic rings. The van der Waals surface area contributed by atoms with Gasteiger partial charge in [0, 0.05) is 6.42 Å². The Kier molecular flexibility index (Phi) is 6.30. The Morgan fingerprint density at radius 3 is 2.18 bits per heavy atom. The molecule has 0 aromatic heterocycles. The van der Waals surface area contributed by atoms with Gasteiger partial charge >= 0.3 is 5.97 Å². The van der Waals surface area contributed by atoms with Crippen molar-refractivity contribution in [3.8, 4) is 11.5 Å². The number of benzene rings is 2. The van der Waals surface area contributed by atoms with E-state index >= 15 is 0 Å². The van der Waals surface area contributed by atoms with Crippen molar-refractivity contribution in [1.29, 1.82) is 0 Å². The fourth-order valence-corrected chi connectivity index (χ4v) is 1.98. The summed E-state index contributed by atoms with van der Waals surface area (Å²) in [5.41, 5.74) is 1.10. The Morgan fingerprint density at radius 2 is 1.50 bits per heavy atom. The molecule has 0 amide bonds.